The van der Waals surface area contributed by atoms with E-state index in [0.717, 1.165) is 32.4 Å². The van der Waals surface area contributed by atoms with Gasteiger partial charge in [-0.1, -0.05) is 25.8 Å². The average Bonchev–Trinajstić information content (AvgIpc) is 2.23. The molecular weight excluding hydrogens is 198 g/mol. The predicted molar refractivity (Wildman–Crippen MR) is 71.8 cm³/mol. The molecule has 0 aromatic heterocycles. The van der Waals surface area contributed by atoms with Crippen molar-refractivity contribution in [2.45, 2.75) is 65.5 Å². The Morgan fingerprint density at radius 2 is 1.94 bits per heavy atom. The molecule has 0 rings (SSSR count). The normalized spacial score (nSPS) is 14.8. The second-order valence-corrected chi connectivity index (χ2v) is 4.50. The first-order chi connectivity index (χ1) is 7.65. The molecule has 0 aliphatic rings. The molecule has 1 N–H and O–H groups in total. The zero-order valence-electron chi connectivity index (χ0n) is 11.5. The number of nitrogens with one attached hydrogen (secondary N) is 1. The first-order valence-corrected chi connectivity index (χ1v) is 6.64. The maximum Gasteiger partial charge on any atom is 0.0730 e. The Balaban J connectivity index is 4.32. The van der Waals surface area contributed by atoms with Crippen LogP contribution in [0.5, 0.6) is 0 Å². The standard InChI is InChI=1S/C14H29NO/c1-6-9-14(16-8-3)13(11-12(4)5)15-10-7-2/h13-15H,4,6-11H2,1-3,5H3. The largest absolute Gasteiger partial charge is 0.377 e. The SMILES string of the molecule is C=C(C)CC(NCCC)C(CCC)OCC. The highest BCUT2D eigenvalue weighted by Crippen LogP contribution is 2.14. The Morgan fingerprint density at radius 3 is 2.38 bits per heavy atom. The van der Waals surface area contributed by atoms with Crippen LogP contribution in [0.15, 0.2) is 12.2 Å². The van der Waals surface area contributed by atoms with Gasteiger partial charge in [-0.15, -0.1) is 6.58 Å². The second kappa shape index (κ2) is 9.86. The molecule has 0 fully saturated rings. The minimum atomic E-state index is 0.332. The van der Waals surface area contributed by atoms with Crippen LogP contribution >= 0.6 is 0 Å². The third kappa shape index (κ3) is 7.02. The number of rotatable bonds is 10. The fourth-order valence-corrected chi connectivity index (χ4v) is 1.94. The van der Waals surface area contributed by atoms with E-state index in [0.29, 0.717) is 12.1 Å². The van der Waals surface area contributed by atoms with Gasteiger partial charge in [0.25, 0.3) is 0 Å². The van der Waals surface area contributed by atoms with E-state index in [-0.39, 0.29) is 0 Å². The van der Waals surface area contributed by atoms with Gasteiger partial charge in [0.15, 0.2) is 0 Å². The van der Waals surface area contributed by atoms with Crippen molar-refractivity contribution in [3.8, 4) is 0 Å². The van der Waals surface area contributed by atoms with Crippen LogP contribution in [-0.4, -0.2) is 25.3 Å². The summed E-state index contributed by atoms with van der Waals surface area (Å²) in [5.41, 5.74) is 1.23. The lowest BCUT2D eigenvalue weighted by molar-refractivity contribution is 0.0282. The fraction of sp³-hybridized carbons (Fsp3) is 0.857. The molecular formula is C14H29NO. The highest BCUT2D eigenvalue weighted by molar-refractivity contribution is 4.95. The quantitative estimate of drug-likeness (QED) is 0.577. The Kier molecular flexibility index (Phi) is 9.65. The van der Waals surface area contributed by atoms with Gasteiger partial charge in [0.05, 0.1) is 6.10 Å². The Morgan fingerprint density at radius 1 is 1.25 bits per heavy atom. The molecule has 0 saturated heterocycles. The van der Waals surface area contributed by atoms with Crippen molar-refractivity contribution in [1.82, 2.24) is 5.32 Å². The van der Waals surface area contributed by atoms with E-state index < -0.39 is 0 Å². The molecule has 0 radical (unpaired) electrons. The van der Waals surface area contributed by atoms with Crippen LogP contribution < -0.4 is 5.32 Å². The van der Waals surface area contributed by atoms with E-state index in [9.17, 15) is 0 Å². The molecule has 2 atom stereocenters. The lowest BCUT2D eigenvalue weighted by Crippen LogP contribution is -2.42. The third-order valence-electron chi connectivity index (χ3n) is 2.63. The summed E-state index contributed by atoms with van der Waals surface area (Å²) in [6, 6.07) is 0.428. The molecule has 0 aliphatic heterocycles. The number of hydrogen-bond acceptors (Lipinski definition) is 2. The van der Waals surface area contributed by atoms with E-state index in [2.05, 4.69) is 39.6 Å². The van der Waals surface area contributed by atoms with Crippen molar-refractivity contribution >= 4 is 0 Å². The topological polar surface area (TPSA) is 21.3 Å². The van der Waals surface area contributed by atoms with Crippen molar-refractivity contribution in [3.63, 3.8) is 0 Å². The maximum atomic E-state index is 5.84. The van der Waals surface area contributed by atoms with Gasteiger partial charge in [0.1, 0.15) is 0 Å². The summed E-state index contributed by atoms with van der Waals surface area (Å²) in [5, 5.41) is 3.58. The van der Waals surface area contributed by atoms with Gasteiger partial charge in [-0.25, -0.2) is 0 Å². The molecule has 16 heavy (non-hydrogen) atoms. The van der Waals surface area contributed by atoms with Crippen molar-refractivity contribution < 1.29 is 4.74 Å². The number of ether oxygens (including phenoxy) is 1. The zero-order chi connectivity index (χ0) is 12.4. The van der Waals surface area contributed by atoms with Crippen LogP contribution in [0.25, 0.3) is 0 Å². The smallest absolute Gasteiger partial charge is 0.0730 e. The molecule has 2 heteroatoms. The predicted octanol–water partition coefficient (Wildman–Crippen LogP) is 3.53. The van der Waals surface area contributed by atoms with Crippen LogP contribution in [0.2, 0.25) is 0 Å². The highest BCUT2D eigenvalue weighted by Gasteiger charge is 2.20. The monoisotopic (exact) mass is 227 g/mol. The van der Waals surface area contributed by atoms with E-state index >= 15 is 0 Å². The Labute approximate surface area is 101 Å². The molecule has 0 spiro atoms. The van der Waals surface area contributed by atoms with Crippen LogP contribution in [-0.2, 0) is 4.74 Å². The Hall–Kier alpha value is -0.340. The molecule has 0 heterocycles. The summed E-state index contributed by atoms with van der Waals surface area (Å²) >= 11 is 0. The van der Waals surface area contributed by atoms with Gasteiger partial charge in [0.2, 0.25) is 0 Å². The van der Waals surface area contributed by atoms with Crippen LogP contribution in [0.4, 0.5) is 0 Å². The summed E-state index contributed by atoms with van der Waals surface area (Å²) in [4.78, 5) is 0. The maximum absolute atomic E-state index is 5.84. The van der Waals surface area contributed by atoms with Crippen LogP contribution in [0, 0.1) is 0 Å². The van der Waals surface area contributed by atoms with Crippen LogP contribution in [0.3, 0.4) is 0 Å². The van der Waals surface area contributed by atoms with Crippen molar-refractivity contribution in [1.29, 1.82) is 0 Å². The summed E-state index contributed by atoms with van der Waals surface area (Å²) < 4.78 is 5.84. The zero-order valence-corrected chi connectivity index (χ0v) is 11.5. The van der Waals surface area contributed by atoms with Crippen molar-refractivity contribution in [2.24, 2.45) is 0 Å². The fourth-order valence-electron chi connectivity index (χ4n) is 1.94. The third-order valence-corrected chi connectivity index (χ3v) is 2.63. The molecule has 0 aromatic carbocycles. The summed E-state index contributed by atoms with van der Waals surface area (Å²) in [7, 11) is 0. The van der Waals surface area contributed by atoms with E-state index in [4.69, 9.17) is 4.74 Å². The molecule has 2 nitrogen and oxygen atoms in total. The Bertz CT molecular complexity index is 174. The highest BCUT2D eigenvalue weighted by atomic mass is 16.5. The summed E-state index contributed by atoms with van der Waals surface area (Å²) in [5.74, 6) is 0. The van der Waals surface area contributed by atoms with E-state index in [1.165, 1.54) is 12.0 Å². The molecule has 0 aromatic rings. The van der Waals surface area contributed by atoms with Crippen molar-refractivity contribution in [3.05, 3.63) is 12.2 Å². The molecule has 0 bridgehead atoms. The molecule has 2 unspecified atom stereocenters. The molecule has 96 valence electrons. The van der Waals surface area contributed by atoms with Gasteiger partial charge in [-0.3, -0.25) is 0 Å². The minimum Gasteiger partial charge on any atom is -0.377 e. The lowest BCUT2D eigenvalue weighted by Gasteiger charge is -2.28. The van der Waals surface area contributed by atoms with Crippen LogP contribution in [0.1, 0.15) is 53.4 Å². The van der Waals surface area contributed by atoms with Crippen molar-refractivity contribution in [2.75, 3.05) is 13.2 Å². The van der Waals surface area contributed by atoms with E-state index in [1.54, 1.807) is 0 Å². The van der Waals surface area contributed by atoms with Gasteiger partial charge in [-0.05, 0) is 39.7 Å². The first-order valence-electron chi connectivity index (χ1n) is 6.64. The van der Waals surface area contributed by atoms with E-state index in [1.807, 2.05) is 0 Å². The van der Waals surface area contributed by atoms with Gasteiger partial charge in [0, 0.05) is 12.6 Å². The van der Waals surface area contributed by atoms with Gasteiger partial charge >= 0.3 is 0 Å². The number of hydrogen-bond donors (Lipinski definition) is 1. The molecule has 0 saturated carbocycles. The first kappa shape index (κ1) is 15.7. The molecule has 0 amide bonds. The second-order valence-electron chi connectivity index (χ2n) is 4.50. The summed E-state index contributed by atoms with van der Waals surface area (Å²) in [6.45, 7) is 14.4. The van der Waals surface area contributed by atoms with Gasteiger partial charge < -0.3 is 10.1 Å². The molecule has 0 aliphatic carbocycles. The average molecular weight is 227 g/mol. The lowest BCUT2D eigenvalue weighted by atomic mass is 9.99. The minimum absolute atomic E-state index is 0.332. The summed E-state index contributed by atoms with van der Waals surface area (Å²) in [6.07, 6.45) is 4.81. The van der Waals surface area contributed by atoms with Gasteiger partial charge in [-0.2, -0.15) is 0 Å².